The Morgan fingerprint density at radius 1 is 1.05 bits per heavy atom. The molecule has 0 fully saturated rings. The maximum Gasteiger partial charge on any atom is 0.342 e. The Morgan fingerprint density at radius 3 is 2.30 bits per heavy atom. The molecule has 1 aromatic heterocycles. The molecule has 3 aromatic carbocycles. The number of aliphatic carboxylic acids is 1. The first-order valence-corrected chi connectivity index (χ1v) is 13.7. The van der Waals surface area contributed by atoms with Crippen LogP contribution in [0.2, 0.25) is 0 Å². The number of carboxylic acids is 1. The van der Waals surface area contributed by atoms with Crippen LogP contribution in [0, 0.1) is 17.0 Å². The number of hydrogen-bond acceptors (Lipinski definition) is 9. The lowest BCUT2D eigenvalue weighted by Crippen LogP contribution is -2.03. The largest absolute Gasteiger partial charge is 0.497 e. The van der Waals surface area contributed by atoms with Gasteiger partial charge in [0.1, 0.15) is 16.4 Å². The molecule has 0 radical (unpaired) electrons. The Balaban J connectivity index is 1.75. The van der Waals surface area contributed by atoms with Crippen LogP contribution in [0.15, 0.2) is 80.5 Å². The second-order valence-electron chi connectivity index (χ2n) is 8.46. The van der Waals surface area contributed by atoms with Gasteiger partial charge in [-0.15, -0.1) is 10.2 Å². The number of carbonyl (C=O) groups is 1. The molecule has 40 heavy (non-hydrogen) atoms. The van der Waals surface area contributed by atoms with Crippen molar-refractivity contribution in [2.24, 2.45) is 0 Å². The molecule has 0 aliphatic carbocycles. The third kappa shape index (κ3) is 6.64. The maximum absolute atomic E-state index is 12.4. The van der Waals surface area contributed by atoms with Crippen molar-refractivity contribution in [2.45, 2.75) is 35.3 Å². The minimum Gasteiger partial charge on any atom is -0.497 e. The number of non-ortho nitro benzene ring substituents is 1. The molecule has 4 aromatic rings. The van der Waals surface area contributed by atoms with Crippen LogP contribution < -0.4 is 9.47 Å². The van der Waals surface area contributed by atoms with Crippen molar-refractivity contribution in [3.05, 3.63) is 86.8 Å². The average molecular weight is 579 g/mol. The second kappa shape index (κ2) is 12.7. The molecule has 0 saturated carbocycles. The molecule has 0 spiro atoms. The highest BCUT2D eigenvalue weighted by Gasteiger charge is 2.21. The van der Waals surface area contributed by atoms with Gasteiger partial charge in [-0.25, -0.2) is 4.79 Å². The molecular formula is C28H26N4O6S2. The Morgan fingerprint density at radius 2 is 1.73 bits per heavy atom. The van der Waals surface area contributed by atoms with E-state index in [9.17, 15) is 20.0 Å². The zero-order valence-corrected chi connectivity index (χ0v) is 23.8. The summed E-state index contributed by atoms with van der Waals surface area (Å²) < 4.78 is 12.5. The number of nitrogens with zero attached hydrogens (tertiary/aromatic N) is 4. The molecule has 4 rings (SSSR count). The molecule has 0 aliphatic rings. The van der Waals surface area contributed by atoms with Crippen LogP contribution >= 0.6 is 23.5 Å². The summed E-state index contributed by atoms with van der Waals surface area (Å²) in [6, 6.07) is 17.6. The van der Waals surface area contributed by atoms with Crippen molar-refractivity contribution in [3.63, 3.8) is 0 Å². The number of ether oxygens (including phenoxy) is 2. The van der Waals surface area contributed by atoms with Crippen molar-refractivity contribution < 1.29 is 24.3 Å². The monoisotopic (exact) mass is 578 g/mol. The van der Waals surface area contributed by atoms with Gasteiger partial charge >= 0.3 is 5.97 Å². The predicted molar refractivity (Wildman–Crippen MR) is 154 cm³/mol. The molecule has 0 unspecified atom stereocenters. The van der Waals surface area contributed by atoms with Gasteiger partial charge in [-0.2, -0.15) is 0 Å². The highest BCUT2D eigenvalue weighted by Crippen LogP contribution is 2.37. The number of methoxy groups -OCH3 is 2. The van der Waals surface area contributed by atoms with Crippen LogP contribution in [0.1, 0.15) is 18.1 Å². The van der Waals surface area contributed by atoms with Gasteiger partial charge < -0.3 is 19.1 Å². The summed E-state index contributed by atoms with van der Waals surface area (Å²) in [5.74, 6) is 0.463. The number of aromatic nitrogens is 3. The number of nitro groups is 1. The number of rotatable bonds is 11. The van der Waals surface area contributed by atoms with Crippen LogP contribution in [0.5, 0.6) is 11.5 Å². The lowest BCUT2D eigenvalue weighted by molar-refractivity contribution is -0.384. The second-order valence-corrected chi connectivity index (χ2v) is 10.6. The zero-order valence-electron chi connectivity index (χ0n) is 22.2. The van der Waals surface area contributed by atoms with Crippen LogP contribution in [-0.2, 0) is 11.3 Å². The van der Waals surface area contributed by atoms with Crippen LogP contribution in [0.3, 0.4) is 0 Å². The van der Waals surface area contributed by atoms with E-state index in [4.69, 9.17) is 9.47 Å². The lowest BCUT2D eigenvalue weighted by Gasteiger charge is -2.11. The summed E-state index contributed by atoms with van der Waals surface area (Å²) in [6.07, 6.45) is 1.43. The Kier molecular flexibility index (Phi) is 9.12. The van der Waals surface area contributed by atoms with Crippen molar-refractivity contribution in [1.82, 2.24) is 14.8 Å². The third-order valence-electron chi connectivity index (χ3n) is 5.79. The van der Waals surface area contributed by atoms with Crippen molar-refractivity contribution >= 4 is 41.3 Å². The normalized spacial score (nSPS) is 11.3. The number of nitro benzene ring substituents is 1. The van der Waals surface area contributed by atoms with E-state index in [0.717, 1.165) is 22.2 Å². The minimum absolute atomic E-state index is 0.0665. The SMILES string of the molecule is CCn1c(S/C(=C/c2cc([N+](=O)[O-])ccc2Sc2ccc(C)cc2)C(=O)O)nnc1-c1cc(OC)cc(OC)c1. The molecule has 0 amide bonds. The molecule has 1 N–H and O–H groups in total. The average Bonchev–Trinajstić information content (AvgIpc) is 3.36. The van der Waals surface area contributed by atoms with Gasteiger partial charge in [0.2, 0.25) is 0 Å². The molecule has 1 heterocycles. The van der Waals surface area contributed by atoms with E-state index in [0.29, 0.717) is 45.0 Å². The first-order valence-electron chi connectivity index (χ1n) is 12.0. The van der Waals surface area contributed by atoms with E-state index in [1.54, 1.807) is 43.1 Å². The van der Waals surface area contributed by atoms with Gasteiger partial charge in [0.05, 0.1) is 19.1 Å². The number of hydrogen-bond donors (Lipinski definition) is 1. The molecular weight excluding hydrogens is 552 g/mol. The van der Waals surface area contributed by atoms with E-state index >= 15 is 0 Å². The van der Waals surface area contributed by atoms with E-state index in [2.05, 4.69) is 10.2 Å². The van der Waals surface area contributed by atoms with Gasteiger partial charge in [0, 0.05) is 40.1 Å². The fourth-order valence-electron chi connectivity index (χ4n) is 3.76. The molecule has 0 atom stereocenters. The molecule has 12 heteroatoms. The maximum atomic E-state index is 12.4. The van der Waals surface area contributed by atoms with E-state index in [1.807, 2.05) is 38.1 Å². The number of thioether (sulfide) groups is 1. The van der Waals surface area contributed by atoms with Crippen LogP contribution in [-0.4, -0.2) is 45.0 Å². The predicted octanol–water partition coefficient (Wildman–Crippen LogP) is 6.57. The van der Waals surface area contributed by atoms with Crippen molar-refractivity contribution in [3.8, 4) is 22.9 Å². The number of carboxylic acid groups (broad SMARTS) is 1. The minimum atomic E-state index is -1.20. The highest BCUT2D eigenvalue weighted by atomic mass is 32.2. The molecule has 206 valence electrons. The van der Waals surface area contributed by atoms with Gasteiger partial charge in [-0.1, -0.05) is 29.5 Å². The Hall–Kier alpha value is -4.29. The molecule has 0 bridgehead atoms. The molecule has 0 aliphatic heterocycles. The van der Waals surface area contributed by atoms with Crippen molar-refractivity contribution in [1.29, 1.82) is 0 Å². The quantitative estimate of drug-likeness (QED) is 0.0903. The first kappa shape index (κ1) is 28.7. The van der Waals surface area contributed by atoms with Crippen LogP contribution in [0.25, 0.3) is 17.5 Å². The zero-order chi connectivity index (χ0) is 28.8. The summed E-state index contributed by atoms with van der Waals surface area (Å²) in [5.41, 5.74) is 2.06. The molecule has 10 nitrogen and oxygen atoms in total. The number of benzene rings is 3. The lowest BCUT2D eigenvalue weighted by atomic mass is 10.2. The smallest absolute Gasteiger partial charge is 0.342 e. The number of aryl methyl sites for hydroxylation is 1. The van der Waals surface area contributed by atoms with E-state index in [-0.39, 0.29) is 10.6 Å². The summed E-state index contributed by atoms with van der Waals surface area (Å²) in [4.78, 5) is 24.9. The highest BCUT2D eigenvalue weighted by molar-refractivity contribution is 8.04. The van der Waals surface area contributed by atoms with Crippen molar-refractivity contribution in [2.75, 3.05) is 14.2 Å². The van der Waals surface area contributed by atoms with Gasteiger partial charge in [-0.05, 0) is 67.6 Å². The van der Waals surface area contributed by atoms with E-state index < -0.39 is 10.9 Å². The van der Waals surface area contributed by atoms with Crippen LogP contribution in [0.4, 0.5) is 5.69 Å². The van der Waals surface area contributed by atoms with Gasteiger partial charge in [0.25, 0.3) is 5.69 Å². The topological polar surface area (TPSA) is 130 Å². The summed E-state index contributed by atoms with van der Waals surface area (Å²) in [7, 11) is 3.10. The Labute approximate surface area is 239 Å². The van der Waals surface area contributed by atoms with Gasteiger partial charge in [0.15, 0.2) is 11.0 Å². The fraction of sp³-hybridized carbons (Fsp3) is 0.179. The first-order chi connectivity index (χ1) is 19.2. The Bertz CT molecular complexity index is 1560. The summed E-state index contributed by atoms with van der Waals surface area (Å²) in [5, 5.41) is 30.5. The third-order valence-corrected chi connectivity index (χ3v) is 7.89. The van der Waals surface area contributed by atoms with Gasteiger partial charge in [-0.3, -0.25) is 10.1 Å². The standard InChI is InChI=1S/C28H26N4O6S2/c1-5-31-26(19-13-21(37-3)16-22(14-19)38-4)29-30-28(31)40-25(27(33)34)15-18-12-20(32(35)36)8-11-24(18)39-23-9-6-17(2)7-10-23/h6-16H,5H2,1-4H3,(H,33,34)/b25-15+. The fourth-order valence-corrected chi connectivity index (χ4v) is 5.54. The summed E-state index contributed by atoms with van der Waals surface area (Å²) in [6.45, 7) is 4.34. The summed E-state index contributed by atoms with van der Waals surface area (Å²) >= 11 is 2.31. The molecule has 0 saturated heterocycles. The van der Waals surface area contributed by atoms with E-state index in [1.165, 1.54) is 30.0 Å².